The van der Waals surface area contributed by atoms with Crippen LogP contribution >= 0.6 is 0 Å². The molecule has 28 heavy (non-hydrogen) atoms. The Bertz CT molecular complexity index is 501. The Kier molecular flexibility index (Phi) is 8.82. The molecule has 3 amide bonds. The first-order valence-corrected chi connectivity index (χ1v) is 10.6. The van der Waals surface area contributed by atoms with Crippen LogP contribution in [0.5, 0.6) is 0 Å². The van der Waals surface area contributed by atoms with Crippen LogP contribution in [0.2, 0.25) is 0 Å². The predicted molar refractivity (Wildman–Crippen MR) is 108 cm³/mol. The number of aliphatic hydroxyl groups is 1. The molecule has 8 nitrogen and oxygen atoms in total. The molecule has 0 spiro atoms. The number of rotatable bonds is 6. The minimum absolute atomic E-state index is 0.0214. The van der Waals surface area contributed by atoms with Crippen molar-refractivity contribution in [2.45, 2.75) is 64.5 Å². The predicted octanol–water partition coefficient (Wildman–Crippen LogP) is 1.78. The highest BCUT2D eigenvalue weighted by atomic mass is 16.6. The average molecular weight is 399 g/mol. The van der Waals surface area contributed by atoms with Gasteiger partial charge in [0.15, 0.2) is 0 Å². The third kappa shape index (κ3) is 7.83. The first kappa shape index (κ1) is 22.7. The SMILES string of the molecule is CC(C)(C)OC(=O)N1CCCC[C@@H]1CNC(=O)NCCN1CCC(CO)CC1. The first-order chi connectivity index (χ1) is 13.3. The van der Waals surface area contributed by atoms with Crippen LogP contribution in [0.25, 0.3) is 0 Å². The summed E-state index contributed by atoms with van der Waals surface area (Å²) in [7, 11) is 0. The molecule has 0 aromatic rings. The molecule has 0 unspecified atom stereocenters. The van der Waals surface area contributed by atoms with Gasteiger partial charge in [0, 0.05) is 32.8 Å². The van der Waals surface area contributed by atoms with E-state index in [0.29, 0.717) is 25.6 Å². The molecule has 2 aliphatic rings. The zero-order valence-corrected chi connectivity index (χ0v) is 17.7. The largest absolute Gasteiger partial charge is 0.444 e. The summed E-state index contributed by atoms with van der Waals surface area (Å²) in [6.07, 6.45) is 4.63. The Labute approximate surface area is 169 Å². The molecule has 8 heteroatoms. The van der Waals surface area contributed by atoms with Crippen LogP contribution in [0.3, 0.4) is 0 Å². The third-order valence-electron chi connectivity index (χ3n) is 5.43. The normalized spacial score (nSPS) is 22.0. The average Bonchev–Trinajstić information content (AvgIpc) is 2.66. The van der Waals surface area contributed by atoms with Crippen molar-refractivity contribution >= 4 is 12.1 Å². The van der Waals surface area contributed by atoms with Gasteiger partial charge < -0.3 is 30.3 Å². The number of hydrogen-bond acceptors (Lipinski definition) is 5. The van der Waals surface area contributed by atoms with Crippen LogP contribution in [-0.4, -0.2) is 84.5 Å². The Hall–Kier alpha value is -1.54. The molecule has 2 fully saturated rings. The van der Waals surface area contributed by atoms with E-state index < -0.39 is 5.60 Å². The molecule has 0 bridgehead atoms. The van der Waals surface area contributed by atoms with Crippen LogP contribution in [-0.2, 0) is 4.74 Å². The molecular formula is C20H38N4O4. The molecule has 2 aliphatic heterocycles. The second-order valence-electron chi connectivity index (χ2n) is 8.93. The lowest BCUT2D eigenvalue weighted by molar-refractivity contribution is 0.0102. The molecule has 2 heterocycles. The van der Waals surface area contributed by atoms with E-state index in [2.05, 4.69) is 15.5 Å². The molecule has 0 saturated carbocycles. The fourth-order valence-corrected chi connectivity index (χ4v) is 3.77. The molecule has 3 N–H and O–H groups in total. The van der Waals surface area contributed by atoms with Gasteiger partial charge >= 0.3 is 12.1 Å². The summed E-state index contributed by atoms with van der Waals surface area (Å²) < 4.78 is 5.50. The topological polar surface area (TPSA) is 94.1 Å². The lowest BCUT2D eigenvalue weighted by Gasteiger charge is -2.36. The van der Waals surface area contributed by atoms with Crippen LogP contribution < -0.4 is 10.6 Å². The fraction of sp³-hybridized carbons (Fsp3) is 0.900. The minimum Gasteiger partial charge on any atom is -0.444 e. The van der Waals surface area contributed by atoms with Gasteiger partial charge in [0.25, 0.3) is 0 Å². The molecule has 0 aliphatic carbocycles. The van der Waals surface area contributed by atoms with E-state index in [1.165, 1.54) is 0 Å². The molecule has 0 aromatic carbocycles. The van der Waals surface area contributed by atoms with E-state index in [-0.39, 0.29) is 24.8 Å². The second-order valence-corrected chi connectivity index (χ2v) is 8.93. The van der Waals surface area contributed by atoms with Crippen molar-refractivity contribution in [1.82, 2.24) is 20.4 Å². The molecule has 2 rings (SSSR count). The Balaban J connectivity index is 1.66. The number of urea groups is 1. The third-order valence-corrected chi connectivity index (χ3v) is 5.43. The van der Waals surface area contributed by atoms with Crippen molar-refractivity contribution in [1.29, 1.82) is 0 Å². The number of piperidine rings is 2. The van der Waals surface area contributed by atoms with Crippen molar-refractivity contribution in [3.05, 3.63) is 0 Å². The van der Waals surface area contributed by atoms with Gasteiger partial charge in [0.2, 0.25) is 0 Å². The molecule has 0 radical (unpaired) electrons. The number of carbonyl (C=O) groups excluding carboxylic acids is 2. The number of carbonyl (C=O) groups is 2. The van der Waals surface area contributed by atoms with Gasteiger partial charge in [-0.15, -0.1) is 0 Å². The lowest BCUT2D eigenvalue weighted by atomic mass is 9.98. The highest BCUT2D eigenvalue weighted by Gasteiger charge is 2.30. The van der Waals surface area contributed by atoms with E-state index in [1.807, 2.05) is 20.8 Å². The van der Waals surface area contributed by atoms with E-state index in [4.69, 9.17) is 4.74 Å². The summed E-state index contributed by atoms with van der Waals surface area (Å²) in [5, 5.41) is 15.0. The summed E-state index contributed by atoms with van der Waals surface area (Å²) in [6, 6.07) is -0.216. The van der Waals surface area contributed by atoms with Gasteiger partial charge in [-0.1, -0.05) is 0 Å². The molecule has 162 valence electrons. The molecule has 0 aromatic heterocycles. The van der Waals surface area contributed by atoms with Crippen molar-refractivity contribution in [2.75, 3.05) is 45.9 Å². The van der Waals surface area contributed by atoms with Crippen molar-refractivity contribution < 1.29 is 19.4 Å². The van der Waals surface area contributed by atoms with Crippen LogP contribution in [0, 0.1) is 5.92 Å². The van der Waals surface area contributed by atoms with Crippen molar-refractivity contribution in [3.63, 3.8) is 0 Å². The quantitative estimate of drug-likeness (QED) is 0.634. The Morgan fingerprint density at radius 1 is 1.07 bits per heavy atom. The number of hydrogen-bond donors (Lipinski definition) is 3. The monoisotopic (exact) mass is 398 g/mol. The van der Waals surface area contributed by atoms with E-state index in [0.717, 1.165) is 51.7 Å². The number of amides is 3. The summed E-state index contributed by atoms with van der Waals surface area (Å²) >= 11 is 0. The molecule has 1 atom stereocenters. The van der Waals surface area contributed by atoms with Crippen LogP contribution in [0.4, 0.5) is 9.59 Å². The number of ether oxygens (including phenoxy) is 1. The smallest absolute Gasteiger partial charge is 0.410 e. The second kappa shape index (κ2) is 10.9. The van der Waals surface area contributed by atoms with Crippen molar-refractivity contribution in [3.8, 4) is 0 Å². The van der Waals surface area contributed by atoms with Gasteiger partial charge in [-0.2, -0.15) is 0 Å². The maximum absolute atomic E-state index is 12.4. The highest BCUT2D eigenvalue weighted by Crippen LogP contribution is 2.20. The number of likely N-dealkylation sites (tertiary alicyclic amines) is 2. The van der Waals surface area contributed by atoms with E-state index in [9.17, 15) is 14.7 Å². The van der Waals surface area contributed by atoms with Gasteiger partial charge in [-0.3, -0.25) is 0 Å². The van der Waals surface area contributed by atoms with Crippen LogP contribution in [0.1, 0.15) is 52.9 Å². The highest BCUT2D eigenvalue weighted by molar-refractivity contribution is 5.74. The van der Waals surface area contributed by atoms with Gasteiger partial charge in [-0.05, 0) is 71.9 Å². The Morgan fingerprint density at radius 3 is 2.43 bits per heavy atom. The fourth-order valence-electron chi connectivity index (χ4n) is 3.77. The number of nitrogens with zero attached hydrogens (tertiary/aromatic N) is 2. The maximum Gasteiger partial charge on any atom is 0.410 e. The molecule has 2 saturated heterocycles. The maximum atomic E-state index is 12.4. The summed E-state index contributed by atoms with van der Waals surface area (Å²) in [6.45, 7) is 10.3. The number of nitrogens with one attached hydrogen (secondary N) is 2. The summed E-state index contributed by atoms with van der Waals surface area (Å²) in [4.78, 5) is 28.6. The Morgan fingerprint density at radius 2 is 1.79 bits per heavy atom. The van der Waals surface area contributed by atoms with E-state index >= 15 is 0 Å². The standard InChI is InChI=1S/C20H38N4O4/c1-20(2,3)28-19(27)24-10-5-4-6-17(24)14-22-18(26)21-9-13-23-11-7-16(15-25)8-12-23/h16-17,25H,4-15H2,1-3H3,(H2,21,22,26)/t17-/m1/s1. The number of aliphatic hydroxyl groups excluding tert-OH is 1. The van der Waals surface area contributed by atoms with E-state index in [1.54, 1.807) is 4.90 Å². The van der Waals surface area contributed by atoms with Crippen LogP contribution in [0.15, 0.2) is 0 Å². The zero-order chi connectivity index (χ0) is 20.6. The zero-order valence-electron chi connectivity index (χ0n) is 17.7. The first-order valence-electron chi connectivity index (χ1n) is 10.6. The molecular weight excluding hydrogens is 360 g/mol. The minimum atomic E-state index is -0.518. The van der Waals surface area contributed by atoms with Crippen molar-refractivity contribution in [2.24, 2.45) is 5.92 Å². The summed E-state index contributed by atoms with van der Waals surface area (Å²) in [5.41, 5.74) is -0.518. The van der Waals surface area contributed by atoms with Gasteiger partial charge in [0.1, 0.15) is 5.60 Å². The van der Waals surface area contributed by atoms with Gasteiger partial charge in [0.05, 0.1) is 6.04 Å². The lowest BCUT2D eigenvalue weighted by Crippen LogP contribution is -2.52. The summed E-state index contributed by atoms with van der Waals surface area (Å²) in [5.74, 6) is 0.427. The van der Waals surface area contributed by atoms with Gasteiger partial charge in [-0.25, -0.2) is 9.59 Å².